The van der Waals surface area contributed by atoms with Gasteiger partial charge in [-0.1, -0.05) is 25.6 Å². The molecule has 2 unspecified atom stereocenters. The van der Waals surface area contributed by atoms with E-state index in [-0.39, 0.29) is 23.2 Å². The molecule has 1 aromatic carbocycles. The van der Waals surface area contributed by atoms with E-state index in [9.17, 15) is 14.4 Å². The van der Waals surface area contributed by atoms with Crippen molar-refractivity contribution in [3.05, 3.63) is 47.5 Å². The molecule has 0 aromatic heterocycles. The Bertz CT molecular complexity index is 572. The summed E-state index contributed by atoms with van der Waals surface area (Å²) in [6, 6.07) is 6.33. The summed E-state index contributed by atoms with van der Waals surface area (Å²) in [5.41, 5.74) is 0.880. The molecule has 0 saturated heterocycles. The second kappa shape index (κ2) is 12.2. The van der Waals surface area contributed by atoms with Gasteiger partial charge in [0.15, 0.2) is 0 Å². The maximum atomic E-state index is 11.2. The van der Waals surface area contributed by atoms with Crippen molar-refractivity contribution in [3.8, 4) is 0 Å². The van der Waals surface area contributed by atoms with Crippen molar-refractivity contribution in [3.63, 3.8) is 0 Å². The normalized spacial score (nSPS) is 10.6. The molecule has 6 nitrogen and oxygen atoms in total. The van der Waals surface area contributed by atoms with Crippen LogP contribution in [0.3, 0.4) is 0 Å². The summed E-state index contributed by atoms with van der Waals surface area (Å²) in [7, 11) is 5.07. The fraction of sp³-hybridized carbons (Fsp3) is 0.389. The largest absolute Gasteiger partial charge is 0.465 e. The Balaban J connectivity index is 0.000000477. The number of rotatable bonds is 6. The third-order valence-electron chi connectivity index (χ3n) is 3.08. The van der Waals surface area contributed by atoms with E-state index in [1.807, 2.05) is 6.92 Å². The molecule has 0 N–H and O–H groups in total. The van der Waals surface area contributed by atoms with Gasteiger partial charge in [-0.15, -0.1) is 9.24 Å². The van der Waals surface area contributed by atoms with Crippen LogP contribution in [0, 0.1) is 0 Å². The average molecular weight is 368 g/mol. The van der Waals surface area contributed by atoms with Gasteiger partial charge in [0, 0.05) is 5.57 Å². The third-order valence-corrected chi connectivity index (χ3v) is 3.60. The van der Waals surface area contributed by atoms with E-state index in [0.717, 1.165) is 12.6 Å². The van der Waals surface area contributed by atoms with Crippen molar-refractivity contribution < 1.29 is 28.6 Å². The first-order chi connectivity index (χ1) is 11.8. The lowest BCUT2D eigenvalue weighted by molar-refractivity contribution is -0.143. The topological polar surface area (TPSA) is 78.9 Å². The summed E-state index contributed by atoms with van der Waals surface area (Å²) in [6.07, 6.45) is 1.65. The van der Waals surface area contributed by atoms with E-state index in [1.54, 1.807) is 19.1 Å². The van der Waals surface area contributed by atoms with Gasteiger partial charge in [0.25, 0.3) is 0 Å². The summed E-state index contributed by atoms with van der Waals surface area (Å²) < 4.78 is 14.1. The quantitative estimate of drug-likeness (QED) is 0.332. The Labute approximate surface area is 150 Å². The van der Waals surface area contributed by atoms with Crippen LogP contribution in [0.1, 0.15) is 41.0 Å². The first-order valence-electron chi connectivity index (χ1n) is 7.64. The maximum absolute atomic E-state index is 11.2. The number of carbonyl (C=O) groups excluding carboxylic acids is 3. The summed E-state index contributed by atoms with van der Waals surface area (Å²) >= 11 is 0. The molecule has 1 rings (SSSR count). The lowest BCUT2D eigenvalue weighted by atomic mass is 10.1. The molecule has 0 amide bonds. The first kappa shape index (κ1) is 22.8. The zero-order valence-electron chi connectivity index (χ0n) is 15.0. The molecule has 0 aliphatic rings. The van der Waals surface area contributed by atoms with Gasteiger partial charge in [0.2, 0.25) is 0 Å². The SMILES string of the molecule is C=C(C)C(=O)OC(CC)CP.COC(=O)c1ccccc1C(=O)OC. The van der Waals surface area contributed by atoms with Crippen LogP contribution in [0.15, 0.2) is 36.4 Å². The molecule has 0 radical (unpaired) electrons. The standard InChI is InChI=1S/C10H10O4.C8H15O2P/c1-13-9(11)7-5-3-4-6-8(7)10(12)14-2;1-4-7(5-11)10-8(9)6(2)3/h3-6H,1-2H3;7H,2,4-5,11H2,1,3H3. The molecule has 2 atom stereocenters. The molecular formula is C18H25O6P. The molecule has 138 valence electrons. The van der Waals surface area contributed by atoms with Crippen molar-refractivity contribution in [2.45, 2.75) is 26.4 Å². The number of methoxy groups -OCH3 is 2. The van der Waals surface area contributed by atoms with Crippen molar-refractivity contribution >= 4 is 27.1 Å². The Hall–Kier alpha value is -2.20. The second-order valence-corrected chi connectivity index (χ2v) is 5.45. The van der Waals surface area contributed by atoms with E-state index in [2.05, 4.69) is 25.3 Å². The predicted molar refractivity (Wildman–Crippen MR) is 98.7 cm³/mol. The van der Waals surface area contributed by atoms with Gasteiger partial charge in [0.05, 0.1) is 25.3 Å². The van der Waals surface area contributed by atoms with E-state index < -0.39 is 11.9 Å². The zero-order valence-corrected chi connectivity index (χ0v) is 16.2. The van der Waals surface area contributed by atoms with Gasteiger partial charge in [0.1, 0.15) is 6.10 Å². The smallest absolute Gasteiger partial charge is 0.338 e. The van der Waals surface area contributed by atoms with Gasteiger partial charge in [-0.05, 0) is 31.6 Å². The van der Waals surface area contributed by atoms with Gasteiger partial charge in [-0.2, -0.15) is 0 Å². The van der Waals surface area contributed by atoms with Crippen LogP contribution in [0.5, 0.6) is 0 Å². The third kappa shape index (κ3) is 7.94. The highest BCUT2D eigenvalue weighted by Gasteiger charge is 2.16. The fourth-order valence-corrected chi connectivity index (χ4v) is 2.04. The number of hydrogen-bond donors (Lipinski definition) is 0. The summed E-state index contributed by atoms with van der Waals surface area (Å²) in [5, 5.41) is 0. The van der Waals surface area contributed by atoms with Crippen LogP contribution in [0.4, 0.5) is 0 Å². The molecule has 0 bridgehead atoms. The summed E-state index contributed by atoms with van der Waals surface area (Å²) in [6.45, 7) is 7.13. The Morgan fingerprint density at radius 2 is 1.52 bits per heavy atom. The second-order valence-electron chi connectivity index (χ2n) is 4.98. The van der Waals surface area contributed by atoms with Crippen LogP contribution in [0.2, 0.25) is 0 Å². The zero-order chi connectivity index (χ0) is 19.4. The van der Waals surface area contributed by atoms with Gasteiger partial charge >= 0.3 is 17.9 Å². The van der Waals surface area contributed by atoms with Crippen molar-refractivity contribution in [1.82, 2.24) is 0 Å². The lowest BCUT2D eigenvalue weighted by Gasteiger charge is -2.13. The highest BCUT2D eigenvalue weighted by molar-refractivity contribution is 7.16. The van der Waals surface area contributed by atoms with E-state index >= 15 is 0 Å². The number of esters is 3. The Kier molecular flexibility index (Phi) is 11.1. The lowest BCUT2D eigenvalue weighted by Crippen LogP contribution is -2.18. The maximum Gasteiger partial charge on any atom is 0.338 e. The molecule has 7 heteroatoms. The molecule has 0 spiro atoms. The molecule has 0 aliphatic carbocycles. The molecule has 0 saturated carbocycles. The fourth-order valence-electron chi connectivity index (χ4n) is 1.61. The van der Waals surface area contributed by atoms with Crippen LogP contribution in [-0.2, 0) is 19.0 Å². The molecule has 1 aromatic rings. The van der Waals surface area contributed by atoms with Crippen LogP contribution >= 0.6 is 9.24 Å². The number of benzene rings is 1. The van der Waals surface area contributed by atoms with E-state index in [0.29, 0.717) is 5.57 Å². The molecule has 0 heterocycles. The van der Waals surface area contributed by atoms with Gasteiger partial charge in [-0.3, -0.25) is 0 Å². The predicted octanol–water partition coefficient (Wildman–Crippen LogP) is 3.02. The molecule has 0 fully saturated rings. The summed E-state index contributed by atoms with van der Waals surface area (Å²) in [5.74, 6) is -1.39. The van der Waals surface area contributed by atoms with Gasteiger partial charge < -0.3 is 14.2 Å². The number of carbonyl (C=O) groups is 3. The van der Waals surface area contributed by atoms with E-state index in [1.165, 1.54) is 26.4 Å². The minimum Gasteiger partial charge on any atom is -0.465 e. The van der Waals surface area contributed by atoms with Crippen LogP contribution in [0.25, 0.3) is 0 Å². The van der Waals surface area contributed by atoms with Crippen LogP contribution in [-0.4, -0.2) is 44.4 Å². The van der Waals surface area contributed by atoms with Crippen molar-refractivity contribution in [2.75, 3.05) is 20.4 Å². The molecular weight excluding hydrogens is 343 g/mol. The molecule has 0 aliphatic heterocycles. The monoisotopic (exact) mass is 368 g/mol. The highest BCUT2D eigenvalue weighted by atomic mass is 31.0. The number of hydrogen-bond acceptors (Lipinski definition) is 6. The minimum absolute atomic E-state index is 0.0178. The summed E-state index contributed by atoms with van der Waals surface area (Å²) in [4.78, 5) is 33.4. The highest BCUT2D eigenvalue weighted by Crippen LogP contribution is 2.11. The van der Waals surface area contributed by atoms with Crippen molar-refractivity contribution in [1.29, 1.82) is 0 Å². The number of ether oxygens (including phenoxy) is 3. The van der Waals surface area contributed by atoms with Crippen molar-refractivity contribution in [2.24, 2.45) is 0 Å². The molecule has 25 heavy (non-hydrogen) atoms. The Morgan fingerprint density at radius 1 is 1.08 bits per heavy atom. The van der Waals surface area contributed by atoms with E-state index in [4.69, 9.17) is 4.74 Å². The first-order valence-corrected chi connectivity index (χ1v) is 8.46. The van der Waals surface area contributed by atoms with Crippen LogP contribution < -0.4 is 0 Å². The minimum atomic E-state index is -0.550. The van der Waals surface area contributed by atoms with Gasteiger partial charge in [-0.25, -0.2) is 14.4 Å². The Morgan fingerprint density at radius 3 is 1.80 bits per heavy atom. The average Bonchev–Trinajstić information content (AvgIpc) is 2.64.